The van der Waals surface area contributed by atoms with Crippen molar-refractivity contribution in [2.45, 2.75) is 9.79 Å². The number of benzene rings is 3. The summed E-state index contributed by atoms with van der Waals surface area (Å²) in [5.74, 6) is 0. The number of oxime groups is 1. The minimum atomic E-state index is -3.72. The summed E-state index contributed by atoms with van der Waals surface area (Å²) in [5.41, 5.74) is 0.345. The first-order valence-corrected chi connectivity index (χ1v) is 8.12. The monoisotopic (exact) mass is 311 g/mol. The molecule has 0 aliphatic carbocycles. The zero-order valence-electron chi connectivity index (χ0n) is 11.5. The molecule has 0 aliphatic rings. The van der Waals surface area contributed by atoms with E-state index >= 15 is 0 Å². The summed E-state index contributed by atoms with van der Waals surface area (Å²) in [7, 11) is -3.72. The van der Waals surface area contributed by atoms with E-state index < -0.39 is 9.84 Å². The van der Waals surface area contributed by atoms with Gasteiger partial charge in [-0.15, -0.1) is 0 Å². The first-order valence-electron chi connectivity index (χ1n) is 6.64. The Morgan fingerprint density at radius 2 is 1.45 bits per heavy atom. The third-order valence-corrected chi connectivity index (χ3v) is 5.33. The molecule has 0 unspecified atom stereocenters. The van der Waals surface area contributed by atoms with Crippen LogP contribution in [0.3, 0.4) is 0 Å². The van der Waals surface area contributed by atoms with Crippen LogP contribution in [0.4, 0.5) is 0 Å². The van der Waals surface area contributed by atoms with Crippen LogP contribution in [0, 0.1) is 0 Å². The molecule has 0 radical (unpaired) electrons. The smallest absolute Gasteiger partial charge is 0.207 e. The number of hydrogen-bond donors (Lipinski definition) is 1. The lowest BCUT2D eigenvalue weighted by molar-refractivity contribution is 0.321. The van der Waals surface area contributed by atoms with Crippen LogP contribution in [0.5, 0.6) is 0 Å². The van der Waals surface area contributed by atoms with Gasteiger partial charge in [0, 0.05) is 10.9 Å². The van der Waals surface area contributed by atoms with Gasteiger partial charge in [-0.2, -0.15) is 0 Å². The Bertz CT molecular complexity index is 957. The van der Waals surface area contributed by atoms with E-state index in [0.29, 0.717) is 10.9 Å². The normalized spacial score (nSPS) is 12.0. The van der Waals surface area contributed by atoms with E-state index in [2.05, 4.69) is 5.16 Å². The molecule has 0 aliphatic heterocycles. The van der Waals surface area contributed by atoms with Crippen molar-refractivity contribution in [1.82, 2.24) is 0 Å². The zero-order chi connectivity index (χ0) is 15.6. The van der Waals surface area contributed by atoms with Crippen molar-refractivity contribution < 1.29 is 13.6 Å². The molecule has 3 aromatic rings. The van der Waals surface area contributed by atoms with Crippen molar-refractivity contribution in [2.24, 2.45) is 5.16 Å². The van der Waals surface area contributed by atoms with Gasteiger partial charge in [0.1, 0.15) is 0 Å². The van der Waals surface area contributed by atoms with Gasteiger partial charge in [0.2, 0.25) is 9.84 Å². The first kappa shape index (κ1) is 14.3. The van der Waals surface area contributed by atoms with Gasteiger partial charge in [0.25, 0.3) is 0 Å². The fourth-order valence-corrected chi connectivity index (χ4v) is 4.10. The quantitative estimate of drug-likeness (QED) is 0.457. The second-order valence-electron chi connectivity index (χ2n) is 4.76. The van der Waals surface area contributed by atoms with Gasteiger partial charge < -0.3 is 5.21 Å². The molecule has 4 nitrogen and oxygen atoms in total. The van der Waals surface area contributed by atoms with E-state index in [0.717, 1.165) is 11.6 Å². The predicted octanol–water partition coefficient (Wildman–Crippen LogP) is 3.48. The van der Waals surface area contributed by atoms with Crippen LogP contribution in [0.25, 0.3) is 10.8 Å². The molecule has 110 valence electrons. The lowest BCUT2D eigenvalue weighted by Gasteiger charge is -2.10. The zero-order valence-corrected chi connectivity index (χ0v) is 12.4. The number of rotatable bonds is 3. The Morgan fingerprint density at radius 1 is 0.818 bits per heavy atom. The Kier molecular flexibility index (Phi) is 3.65. The summed E-state index contributed by atoms with van der Waals surface area (Å²) in [6.45, 7) is 0. The summed E-state index contributed by atoms with van der Waals surface area (Å²) < 4.78 is 26.0. The highest BCUT2D eigenvalue weighted by Gasteiger charge is 2.22. The van der Waals surface area contributed by atoms with Crippen LogP contribution in [0.15, 0.2) is 81.7 Å². The van der Waals surface area contributed by atoms with Gasteiger partial charge in [-0.1, -0.05) is 59.8 Å². The van der Waals surface area contributed by atoms with E-state index in [9.17, 15) is 8.42 Å². The summed E-state index contributed by atoms with van der Waals surface area (Å²) >= 11 is 0. The second kappa shape index (κ2) is 5.61. The maximum absolute atomic E-state index is 13.0. The minimum Gasteiger partial charge on any atom is -0.411 e. The molecule has 0 atom stereocenters. The third-order valence-electron chi connectivity index (χ3n) is 3.44. The molecule has 22 heavy (non-hydrogen) atoms. The van der Waals surface area contributed by atoms with Crippen molar-refractivity contribution in [3.05, 3.63) is 72.3 Å². The molecular formula is C17H13NO3S. The van der Waals surface area contributed by atoms with E-state index in [1.165, 1.54) is 6.07 Å². The lowest BCUT2D eigenvalue weighted by atomic mass is 10.1. The average molecular weight is 311 g/mol. The summed E-state index contributed by atoms with van der Waals surface area (Å²) in [6.07, 6.45) is 1.12. The predicted molar refractivity (Wildman–Crippen MR) is 85.2 cm³/mol. The maximum Gasteiger partial charge on any atom is 0.207 e. The molecule has 0 fully saturated rings. The van der Waals surface area contributed by atoms with Crippen molar-refractivity contribution in [1.29, 1.82) is 0 Å². The molecule has 0 heterocycles. The topological polar surface area (TPSA) is 66.7 Å². The Hall–Kier alpha value is -2.66. The Morgan fingerprint density at radius 3 is 2.27 bits per heavy atom. The van der Waals surface area contributed by atoms with Crippen molar-refractivity contribution in [3.63, 3.8) is 0 Å². The molecule has 3 rings (SSSR count). The molecular weight excluding hydrogens is 298 g/mol. The van der Waals surface area contributed by atoms with Gasteiger partial charge in [-0.3, -0.25) is 0 Å². The third kappa shape index (κ3) is 2.35. The summed E-state index contributed by atoms with van der Waals surface area (Å²) in [6, 6.07) is 18.9. The maximum atomic E-state index is 13.0. The molecule has 0 saturated heterocycles. The van der Waals surface area contributed by atoms with Crippen molar-refractivity contribution >= 4 is 26.8 Å². The molecule has 0 saturated carbocycles. The van der Waals surface area contributed by atoms with Crippen LogP contribution in [0.2, 0.25) is 0 Å². The van der Waals surface area contributed by atoms with Gasteiger partial charge in [-0.05, 0) is 17.5 Å². The van der Waals surface area contributed by atoms with Crippen molar-refractivity contribution in [3.8, 4) is 0 Å². The van der Waals surface area contributed by atoms with Gasteiger partial charge in [0.15, 0.2) is 0 Å². The van der Waals surface area contributed by atoms with E-state index in [4.69, 9.17) is 5.21 Å². The average Bonchev–Trinajstić information content (AvgIpc) is 2.55. The number of sulfone groups is 1. The minimum absolute atomic E-state index is 0.115. The van der Waals surface area contributed by atoms with Crippen LogP contribution in [-0.2, 0) is 9.84 Å². The Labute approximate surface area is 128 Å². The van der Waals surface area contributed by atoms with Crippen LogP contribution in [0.1, 0.15) is 5.56 Å². The van der Waals surface area contributed by atoms with Gasteiger partial charge in [-0.25, -0.2) is 8.42 Å². The number of nitrogens with zero attached hydrogens (tertiary/aromatic N) is 1. The largest absolute Gasteiger partial charge is 0.411 e. The fraction of sp³-hybridized carbons (Fsp3) is 0. The second-order valence-corrected chi connectivity index (χ2v) is 6.65. The van der Waals surface area contributed by atoms with E-state index in [1.54, 1.807) is 36.4 Å². The van der Waals surface area contributed by atoms with E-state index in [1.807, 2.05) is 24.3 Å². The number of hydrogen-bond acceptors (Lipinski definition) is 4. The standard InChI is InChI=1S/C17H13NO3S/c19-18-12-14-7-2-4-10-16(14)22(20,21)17-11-5-8-13-6-1-3-9-15(13)17/h1-12,19H. The van der Waals surface area contributed by atoms with Crippen LogP contribution < -0.4 is 0 Å². The molecule has 5 heteroatoms. The van der Waals surface area contributed by atoms with Gasteiger partial charge in [0.05, 0.1) is 16.0 Å². The van der Waals surface area contributed by atoms with Gasteiger partial charge >= 0.3 is 0 Å². The van der Waals surface area contributed by atoms with Crippen molar-refractivity contribution in [2.75, 3.05) is 0 Å². The van der Waals surface area contributed by atoms with E-state index in [-0.39, 0.29) is 9.79 Å². The highest BCUT2D eigenvalue weighted by Crippen LogP contribution is 2.29. The Balaban J connectivity index is 2.30. The lowest BCUT2D eigenvalue weighted by Crippen LogP contribution is -2.06. The highest BCUT2D eigenvalue weighted by atomic mass is 32.2. The first-order chi connectivity index (χ1) is 10.6. The van der Waals surface area contributed by atoms with Crippen LogP contribution in [-0.4, -0.2) is 19.8 Å². The fourth-order valence-electron chi connectivity index (χ4n) is 2.44. The summed E-state index contributed by atoms with van der Waals surface area (Å²) in [5, 5.41) is 13.2. The molecule has 3 aromatic carbocycles. The SMILES string of the molecule is O=S(=O)(c1ccccc1C=NO)c1cccc2ccccc12. The highest BCUT2D eigenvalue weighted by molar-refractivity contribution is 7.91. The molecule has 0 spiro atoms. The molecule has 0 amide bonds. The molecule has 1 N–H and O–H groups in total. The number of fused-ring (bicyclic) bond motifs is 1. The summed E-state index contributed by atoms with van der Waals surface area (Å²) in [4.78, 5) is 0.355. The molecule has 0 aromatic heterocycles. The molecule has 0 bridgehead atoms. The van der Waals surface area contributed by atoms with Crippen LogP contribution >= 0.6 is 0 Å².